The molecule has 0 spiro atoms. The first-order chi connectivity index (χ1) is 14.7. The van der Waals surface area contributed by atoms with Crippen molar-refractivity contribution in [2.45, 2.75) is 44.0 Å². The van der Waals surface area contributed by atoms with E-state index in [1.165, 1.54) is 42.5 Å². The zero-order valence-electron chi connectivity index (χ0n) is 17.2. The monoisotopic (exact) mass is 465 g/mol. The largest absolute Gasteiger partial charge is 0.454 e. The number of esters is 1. The minimum atomic E-state index is -3.97. The van der Waals surface area contributed by atoms with Gasteiger partial charge in [0, 0.05) is 17.5 Å². The molecule has 1 unspecified atom stereocenters. The number of aromatic nitrogens is 1. The van der Waals surface area contributed by atoms with Crippen molar-refractivity contribution >= 4 is 44.2 Å². The number of hydrogen-bond donors (Lipinski definition) is 1. The Morgan fingerprint density at radius 3 is 2.55 bits per heavy atom. The molecule has 1 saturated heterocycles. The highest BCUT2D eigenvalue weighted by molar-refractivity contribution is 7.89. The molecule has 31 heavy (non-hydrogen) atoms. The maximum atomic E-state index is 13.1. The van der Waals surface area contributed by atoms with Crippen LogP contribution < -0.4 is 5.32 Å². The van der Waals surface area contributed by atoms with E-state index in [0.29, 0.717) is 30.0 Å². The van der Waals surface area contributed by atoms with Gasteiger partial charge in [0.05, 0.1) is 10.6 Å². The molecule has 1 aromatic carbocycles. The first-order valence-electron chi connectivity index (χ1n) is 9.70. The SMILES string of the molecule is CC(=O)c1ccc(S(=O)(=O)N2CCCCC2C(=O)OCC(=O)Nc2nc(C)cs2)cc1. The molecule has 1 amide bonds. The van der Waals surface area contributed by atoms with Gasteiger partial charge in [-0.2, -0.15) is 4.31 Å². The maximum absolute atomic E-state index is 13.1. The standard InChI is InChI=1S/C20H23N3O6S2/c1-13-12-30-20(21-13)22-18(25)11-29-19(26)17-5-3-4-10-23(17)31(27,28)16-8-6-15(7-9-16)14(2)24/h6-9,12,17H,3-5,10-11H2,1-2H3,(H,21,22,25). The van der Waals surface area contributed by atoms with Crippen molar-refractivity contribution in [3.63, 3.8) is 0 Å². The summed E-state index contributed by atoms with van der Waals surface area (Å²) in [6, 6.07) is 4.58. The lowest BCUT2D eigenvalue weighted by Crippen LogP contribution is -2.48. The molecule has 1 aromatic heterocycles. The second kappa shape index (κ2) is 9.67. The molecule has 0 bridgehead atoms. The van der Waals surface area contributed by atoms with Gasteiger partial charge in [-0.05, 0) is 45.2 Å². The number of rotatable bonds is 7. The highest BCUT2D eigenvalue weighted by Crippen LogP contribution is 2.26. The topological polar surface area (TPSA) is 123 Å². The van der Waals surface area contributed by atoms with E-state index in [1.807, 2.05) is 0 Å². The molecule has 1 fully saturated rings. The van der Waals surface area contributed by atoms with E-state index >= 15 is 0 Å². The van der Waals surface area contributed by atoms with E-state index in [0.717, 1.165) is 10.00 Å². The number of Topliss-reactive ketones (excluding diaryl/α,β-unsaturated/α-hetero) is 1. The lowest BCUT2D eigenvalue weighted by atomic mass is 10.1. The normalized spacial score (nSPS) is 17.2. The summed E-state index contributed by atoms with van der Waals surface area (Å²) in [7, 11) is -3.97. The number of nitrogens with zero attached hydrogens (tertiary/aromatic N) is 2. The molecule has 11 heteroatoms. The predicted molar refractivity (Wildman–Crippen MR) is 114 cm³/mol. The number of carbonyl (C=O) groups excluding carboxylic acids is 3. The molecule has 3 rings (SSSR count). The Labute approximate surface area is 184 Å². The van der Waals surface area contributed by atoms with Crippen LogP contribution >= 0.6 is 11.3 Å². The molecule has 1 aliphatic heterocycles. The van der Waals surface area contributed by atoms with Gasteiger partial charge in [-0.15, -0.1) is 11.3 Å². The fourth-order valence-electron chi connectivity index (χ4n) is 3.22. The number of sulfonamides is 1. The van der Waals surface area contributed by atoms with Crippen LogP contribution in [0.4, 0.5) is 5.13 Å². The molecule has 0 radical (unpaired) electrons. The van der Waals surface area contributed by atoms with Gasteiger partial charge in [0.2, 0.25) is 10.0 Å². The second-order valence-electron chi connectivity index (χ2n) is 7.16. The molecule has 1 aliphatic rings. The van der Waals surface area contributed by atoms with Crippen LogP contribution in [0.1, 0.15) is 42.2 Å². The number of piperidine rings is 1. The number of amides is 1. The van der Waals surface area contributed by atoms with Gasteiger partial charge in [0.1, 0.15) is 6.04 Å². The lowest BCUT2D eigenvalue weighted by molar-refractivity contribution is -0.152. The van der Waals surface area contributed by atoms with Gasteiger partial charge in [0.25, 0.3) is 5.91 Å². The maximum Gasteiger partial charge on any atom is 0.324 e. The Morgan fingerprint density at radius 1 is 1.23 bits per heavy atom. The Balaban J connectivity index is 1.68. The minimum absolute atomic E-state index is 0.00548. The number of thiazole rings is 1. The van der Waals surface area contributed by atoms with Gasteiger partial charge in [-0.3, -0.25) is 19.7 Å². The van der Waals surface area contributed by atoms with Gasteiger partial charge in [-0.1, -0.05) is 12.1 Å². The Morgan fingerprint density at radius 2 is 1.94 bits per heavy atom. The smallest absolute Gasteiger partial charge is 0.324 e. The molecule has 2 heterocycles. The molecule has 0 aliphatic carbocycles. The Kier molecular flexibility index (Phi) is 7.19. The van der Waals surface area contributed by atoms with E-state index < -0.39 is 34.5 Å². The van der Waals surface area contributed by atoms with Gasteiger partial charge in [-0.25, -0.2) is 13.4 Å². The third-order valence-corrected chi connectivity index (χ3v) is 7.60. The van der Waals surface area contributed by atoms with Crippen LogP contribution in [0.5, 0.6) is 0 Å². The molecule has 1 N–H and O–H groups in total. The van der Waals surface area contributed by atoms with E-state index in [-0.39, 0.29) is 17.2 Å². The number of ketones is 1. The third-order valence-electron chi connectivity index (χ3n) is 4.80. The van der Waals surface area contributed by atoms with Crippen molar-refractivity contribution < 1.29 is 27.5 Å². The van der Waals surface area contributed by atoms with Crippen molar-refractivity contribution in [2.24, 2.45) is 0 Å². The fraction of sp³-hybridized carbons (Fsp3) is 0.400. The summed E-state index contributed by atoms with van der Waals surface area (Å²) in [4.78, 5) is 40.2. The number of ether oxygens (including phenoxy) is 1. The number of benzene rings is 1. The first-order valence-corrected chi connectivity index (χ1v) is 12.0. The third kappa shape index (κ3) is 5.54. The second-order valence-corrected chi connectivity index (χ2v) is 9.91. The van der Waals surface area contributed by atoms with Gasteiger partial charge < -0.3 is 4.74 Å². The average molecular weight is 466 g/mol. The molecule has 2 aromatic rings. The van der Waals surface area contributed by atoms with Crippen LogP contribution in [-0.4, -0.2) is 54.6 Å². The fourth-order valence-corrected chi connectivity index (χ4v) is 5.58. The van der Waals surface area contributed by atoms with Crippen molar-refractivity contribution in [1.29, 1.82) is 0 Å². The van der Waals surface area contributed by atoms with Crippen molar-refractivity contribution in [3.05, 3.63) is 40.9 Å². The minimum Gasteiger partial charge on any atom is -0.454 e. The van der Waals surface area contributed by atoms with Gasteiger partial charge in [0.15, 0.2) is 17.5 Å². The van der Waals surface area contributed by atoms with E-state index in [4.69, 9.17) is 4.74 Å². The summed E-state index contributed by atoms with van der Waals surface area (Å²) in [5, 5.41) is 4.71. The lowest BCUT2D eigenvalue weighted by Gasteiger charge is -2.32. The van der Waals surface area contributed by atoms with E-state index in [1.54, 1.807) is 12.3 Å². The van der Waals surface area contributed by atoms with Crippen molar-refractivity contribution in [2.75, 3.05) is 18.5 Å². The zero-order chi connectivity index (χ0) is 22.6. The van der Waals surface area contributed by atoms with E-state index in [2.05, 4.69) is 10.3 Å². The number of nitrogens with one attached hydrogen (secondary N) is 1. The van der Waals surface area contributed by atoms with Gasteiger partial charge >= 0.3 is 5.97 Å². The Bertz CT molecular complexity index is 1080. The van der Waals surface area contributed by atoms with E-state index in [9.17, 15) is 22.8 Å². The highest BCUT2D eigenvalue weighted by atomic mass is 32.2. The number of aryl methyl sites for hydroxylation is 1. The van der Waals surface area contributed by atoms with Crippen LogP contribution in [0.3, 0.4) is 0 Å². The van der Waals surface area contributed by atoms with Crippen LogP contribution in [0.15, 0.2) is 34.5 Å². The molecule has 0 saturated carbocycles. The van der Waals surface area contributed by atoms with Crippen LogP contribution in [0.25, 0.3) is 0 Å². The van der Waals surface area contributed by atoms with Crippen molar-refractivity contribution in [3.8, 4) is 0 Å². The number of hydrogen-bond acceptors (Lipinski definition) is 8. The van der Waals surface area contributed by atoms with Crippen LogP contribution in [0, 0.1) is 6.92 Å². The molecular weight excluding hydrogens is 442 g/mol. The number of anilines is 1. The Hall–Kier alpha value is -2.63. The summed E-state index contributed by atoms with van der Waals surface area (Å²) in [6.45, 7) is 2.82. The number of carbonyl (C=O) groups is 3. The summed E-state index contributed by atoms with van der Waals surface area (Å²) >= 11 is 1.25. The molecular formula is C20H23N3O6S2. The molecule has 1 atom stereocenters. The summed E-state index contributed by atoms with van der Waals surface area (Å²) in [6.07, 6.45) is 1.58. The zero-order valence-corrected chi connectivity index (χ0v) is 18.8. The first kappa shape index (κ1) is 23.0. The molecule has 9 nitrogen and oxygen atoms in total. The summed E-state index contributed by atoms with van der Waals surface area (Å²) in [5.74, 6) is -1.49. The van der Waals surface area contributed by atoms with Crippen LogP contribution in [0.2, 0.25) is 0 Å². The summed E-state index contributed by atoms with van der Waals surface area (Å²) in [5.41, 5.74) is 1.16. The molecule has 166 valence electrons. The predicted octanol–water partition coefficient (Wildman–Crippen LogP) is 2.38. The summed E-state index contributed by atoms with van der Waals surface area (Å²) < 4.78 is 32.4. The quantitative estimate of drug-likeness (QED) is 0.492. The van der Waals surface area contributed by atoms with Crippen molar-refractivity contribution in [1.82, 2.24) is 9.29 Å². The average Bonchev–Trinajstić information content (AvgIpc) is 3.16. The highest BCUT2D eigenvalue weighted by Gasteiger charge is 2.38. The van der Waals surface area contributed by atoms with Crippen LogP contribution in [-0.2, 0) is 24.3 Å².